The smallest absolute Gasteiger partial charge is 0.175 e. The van der Waals surface area contributed by atoms with E-state index in [0.717, 1.165) is 5.56 Å². The van der Waals surface area contributed by atoms with Crippen molar-refractivity contribution in [2.75, 3.05) is 0 Å². The Balaban J connectivity index is 2.19. The van der Waals surface area contributed by atoms with Gasteiger partial charge in [-0.2, -0.15) is 0 Å². The Morgan fingerprint density at radius 3 is 2.61 bits per heavy atom. The minimum absolute atomic E-state index is 0.0209. The van der Waals surface area contributed by atoms with Crippen molar-refractivity contribution in [3.63, 3.8) is 0 Å². The van der Waals surface area contributed by atoms with Crippen LogP contribution < -0.4 is 4.74 Å². The zero-order valence-electron chi connectivity index (χ0n) is 9.40. The van der Waals surface area contributed by atoms with Crippen LogP contribution in [0.2, 0.25) is 0 Å². The van der Waals surface area contributed by atoms with Crippen LogP contribution in [0.15, 0.2) is 46.9 Å². The van der Waals surface area contributed by atoms with E-state index in [4.69, 9.17) is 4.74 Å². The molecule has 18 heavy (non-hydrogen) atoms. The second-order valence-electron chi connectivity index (χ2n) is 3.70. The quantitative estimate of drug-likeness (QED) is 0.799. The number of ether oxygens (including phenoxy) is 1. The molecule has 0 aliphatic heterocycles. The van der Waals surface area contributed by atoms with Crippen molar-refractivity contribution in [2.24, 2.45) is 0 Å². The summed E-state index contributed by atoms with van der Waals surface area (Å²) in [6.45, 7) is 0.256. The van der Waals surface area contributed by atoms with Crippen LogP contribution in [0.3, 0.4) is 0 Å². The maximum Gasteiger partial charge on any atom is 0.175 e. The average molecular weight is 309 g/mol. The molecule has 0 N–H and O–H groups in total. The molecule has 92 valence electrons. The molecule has 0 heterocycles. The van der Waals surface area contributed by atoms with Crippen molar-refractivity contribution in [2.45, 2.75) is 6.61 Å². The Morgan fingerprint density at radius 1 is 1.22 bits per heavy atom. The summed E-state index contributed by atoms with van der Waals surface area (Å²) in [6.07, 6.45) is 0.468. The van der Waals surface area contributed by atoms with Crippen LogP contribution in [-0.4, -0.2) is 6.29 Å². The van der Waals surface area contributed by atoms with Crippen LogP contribution in [-0.2, 0) is 6.61 Å². The number of halogens is 2. The maximum atomic E-state index is 13.8. The molecule has 0 saturated heterocycles. The number of hydrogen-bond acceptors (Lipinski definition) is 2. The third-order valence-electron chi connectivity index (χ3n) is 2.40. The number of carbonyl (C=O) groups is 1. The molecule has 2 rings (SSSR count). The molecular formula is C14H10BrFO2. The van der Waals surface area contributed by atoms with Crippen molar-refractivity contribution in [3.05, 3.63) is 63.9 Å². The van der Waals surface area contributed by atoms with E-state index in [1.54, 1.807) is 0 Å². The molecule has 0 fully saturated rings. The fourth-order valence-corrected chi connectivity index (χ4v) is 1.97. The molecule has 0 aliphatic rings. The zero-order valence-corrected chi connectivity index (χ0v) is 11.0. The van der Waals surface area contributed by atoms with Gasteiger partial charge in [0.25, 0.3) is 0 Å². The molecule has 0 saturated carbocycles. The highest BCUT2D eigenvalue weighted by atomic mass is 79.9. The van der Waals surface area contributed by atoms with E-state index >= 15 is 0 Å². The fraction of sp³-hybridized carbons (Fsp3) is 0.0714. The lowest BCUT2D eigenvalue weighted by Crippen LogP contribution is -1.99. The van der Waals surface area contributed by atoms with E-state index < -0.39 is 5.82 Å². The molecule has 0 bridgehead atoms. The Hall–Kier alpha value is -1.68. The molecule has 0 spiro atoms. The van der Waals surface area contributed by atoms with E-state index in [1.807, 2.05) is 30.3 Å². The first-order valence-corrected chi connectivity index (χ1v) is 6.11. The molecule has 2 nitrogen and oxygen atoms in total. The van der Waals surface area contributed by atoms with Crippen LogP contribution in [0.5, 0.6) is 5.75 Å². The van der Waals surface area contributed by atoms with Gasteiger partial charge in [-0.25, -0.2) is 4.39 Å². The Labute approximate surface area is 113 Å². The van der Waals surface area contributed by atoms with Crippen LogP contribution in [0, 0.1) is 5.82 Å². The SMILES string of the molecule is O=Cc1cc(Br)cc(OCc2ccccc2)c1F. The maximum absolute atomic E-state index is 13.8. The van der Waals surface area contributed by atoms with Gasteiger partial charge in [-0.1, -0.05) is 46.3 Å². The van der Waals surface area contributed by atoms with Crippen LogP contribution in [0.25, 0.3) is 0 Å². The van der Waals surface area contributed by atoms with Crippen LogP contribution in [0.1, 0.15) is 15.9 Å². The highest BCUT2D eigenvalue weighted by Crippen LogP contribution is 2.26. The van der Waals surface area contributed by atoms with Crippen LogP contribution in [0.4, 0.5) is 4.39 Å². The van der Waals surface area contributed by atoms with E-state index in [-0.39, 0.29) is 17.9 Å². The van der Waals surface area contributed by atoms with Gasteiger partial charge in [0.05, 0.1) is 5.56 Å². The third kappa shape index (κ3) is 2.96. The lowest BCUT2D eigenvalue weighted by Gasteiger charge is -2.09. The third-order valence-corrected chi connectivity index (χ3v) is 2.85. The van der Waals surface area contributed by atoms with Gasteiger partial charge in [0.15, 0.2) is 17.9 Å². The van der Waals surface area contributed by atoms with Gasteiger partial charge in [-0.15, -0.1) is 0 Å². The highest BCUT2D eigenvalue weighted by Gasteiger charge is 2.10. The first kappa shape index (κ1) is 12.8. The lowest BCUT2D eigenvalue weighted by molar-refractivity contribution is 0.111. The molecule has 0 radical (unpaired) electrons. The summed E-state index contributed by atoms with van der Waals surface area (Å²) in [6, 6.07) is 12.4. The second-order valence-corrected chi connectivity index (χ2v) is 4.61. The summed E-state index contributed by atoms with van der Waals surface area (Å²) in [5.41, 5.74) is 0.914. The largest absolute Gasteiger partial charge is 0.486 e. The van der Waals surface area contributed by atoms with Gasteiger partial charge in [-0.05, 0) is 17.7 Å². The molecule has 2 aromatic carbocycles. The summed E-state index contributed by atoms with van der Waals surface area (Å²) >= 11 is 3.21. The monoisotopic (exact) mass is 308 g/mol. The Morgan fingerprint density at radius 2 is 1.94 bits per heavy atom. The van der Waals surface area contributed by atoms with Crippen LogP contribution >= 0.6 is 15.9 Å². The Bertz CT molecular complexity index is 555. The molecule has 4 heteroatoms. The van der Waals surface area contributed by atoms with E-state index in [2.05, 4.69) is 15.9 Å². The first-order chi connectivity index (χ1) is 8.70. The second kappa shape index (κ2) is 5.78. The van der Waals surface area contributed by atoms with Crippen molar-refractivity contribution in [3.8, 4) is 5.75 Å². The minimum Gasteiger partial charge on any atom is -0.486 e. The molecule has 0 amide bonds. The average Bonchev–Trinajstić information content (AvgIpc) is 2.40. The number of benzene rings is 2. The van der Waals surface area contributed by atoms with E-state index in [9.17, 15) is 9.18 Å². The molecule has 0 aliphatic carbocycles. The number of carbonyl (C=O) groups excluding carboxylic acids is 1. The fourth-order valence-electron chi connectivity index (χ4n) is 1.51. The number of hydrogen-bond donors (Lipinski definition) is 0. The van der Waals surface area contributed by atoms with Crippen molar-refractivity contribution >= 4 is 22.2 Å². The summed E-state index contributed by atoms with van der Waals surface area (Å²) < 4.78 is 19.8. The van der Waals surface area contributed by atoms with Gasteiger partial charge in [0.1, 0.15) is 6.61 Å². The summed E-state index contributed by atoms with van der Waals surface area (Å²) in [5.74, 6) is -0.570. The molecule has 0 aromatic heterocycles. The minimum atomic E-state index is -0.635. The topological polar surface area (TPSA) is 26.3 Å². The standard InChI is InChI=1S/C14H10BrFO2/c15-12-6-11(8-17)14(16)13(7-12)18-9-10-4-2-1-3-5-10/h1-8H,9H2. The molecule has 0 unspecified atom stereocenters. The van der Waals surface area contributed by atoms with E-state index in [1.165, 1.54) is 12.1 Å². The highest BCUT2D eigenvalue weighted by molar-refractivity contribution is 9.10. The number of rotatable bonds is 4. The predicted octanol–water partition coefficient (Wildman–Crippen LogP) is 3.98. The van der Waals surface area contributed by atoms with Gasteiger partial charge < -0.3 is 4.74 Å². The van der Waals surface area contributed by atoms with Gasteiger partial charge in [-0.3, -0.25) is 4.79 Å². The van der Waals surface area contributed by atoms with Gasteiger partial charge in [0.2, 0.25) is 0 Å². The summed E-state index contributed by atoms with van der Waals surface area (Å²) in [7, 11) is 0. The van der Waals surface area contributed by atoms with Gasteiger partial charge in [0, 0.05) is 4.47 Å². The van der Waals surface area contributed by atoms with Crippen molar-refractivity contribution in [1.29, 1.82) is 0 Å². The van der Waals surface area contributed by atoms with E-state index in [0.29, 0.717) is 10.8 Å². The number of aldehydes is 1. The lowest BCUT2D eigenvalue weighted by atomic mass is 10.2. The normalized spacial score (nSPS) is 10.1. The summed E-state index contributed by atoms with van der Waals surface area (Å²) in [5, 5.41) is 0. The molecular weight excluding hydrogens is 299 g/mol. The summed E-state index contributed by atoms with van der Waals surface area (Å²) in [4.78, 5) is 10.7. The molecule has 2 aromatic rings. The van der Waals surface area contributed by atoms with Gasteiger partial charge >= 0.3 is 0 Å². The van der Waals surface area contributed by atoms with Crippen molar-refractivity contribution in [1.82, 2.24) is 0 Å². The molecule has 0 atom stereocenters. The predicted molar refractivity (Wildman–Crippen MR) is 70.3 cm³/mol. The zero-order chi connectivity index (χ0) is 13.0. The Kier molecular flexibility index (Phi) is 4.10. The first-order valence-electron chi connectivity index (χ1n) is 5.31. The van der Waals surface area contributed by atoms with Crippen molar-refractivity contribution < 1.29 is 13.9 Å².